The van der Waals surface area contributed by atoms with Crippen molar-refractivity contribution in [2.45, 2.75) is 83.8 Å². The Balaban J connectivity index is 1.54. The summed E-state index contributed by atoms with van der Waals surface area (Å²) in [7, 11) is 0. The van der Waals surface area contributed by atoms with Crippen LogP contribution in [0, 0.1) is 11.3 Å². The highest BCUT2D eigenvalue weighted by atomic mass is 16.4. The first kappa shape index (κ1) is 31.8. The summed E-state index contributed by atoms with van der Waals surface area (Å²) < 4.78 is 0. The molecule has 3 unspecified atom stereocenters. The highest BCUT2D eigenvalue weighted by Gasteiger charge is 2.38. The Labute approximate surface area is 241 Å². The number of aliphatic carboxylic acids is 1. The van der Waals surface area contributed by atoms with E-state index in [9.17, 15) is 20.1 Å². The largest absolute Gasteiger partial charge is 0.481 e. The van der Waals surface area contributed by atoms with Crippen LogP contribution >= 0.6 is 0 Å². The molecule has 1 aliphatic carbocycles. The predicted octanol–water partition coefficient (Wildman–Crippen LogP) is 6.95. The molecule has 3 atom stereocenters. The van der Waals surface area contributed by atoms with Gasteiger partial charge in [0.2, 0.25) is 0 Å². The van der Waals surface area contributed by atoms with Crippen LogP contribution in [0.3, 0.4) is 0 Å². The number of likely N-dealkylation sites (tertiary alicyclic amines) is 1. The van der Waals surface area contributed by atoms with Crippen LogP contribution in [-0.4, -0.2) is 51.9 Å². The molecule has 1 aromatic rings. The average molecular weight is 548 g/mol. The number of aliphatic hydroxyl groups is 2. The second kappa shape index (κ2) is 15.3. The highest BCUT2D eigenvalue weighted by molar-refractivity contribution is 5.77. The van der Waals surface area contributed by atoms with E-state index in [1.54, 1.807) is 13.8 Å². The first-order chi connectivity index (χ1) is 19.2. The third-order valence-corrected chi connectivity index (χ3v) is 8.68. The lowest BCUT2D eigenvalue weighted by atomic mass is 9.75. The number of hydrogen-bond donors (Lipinski definition) is 3. The van der Waals surface area contributed by atoms with Gasteiger partial charge in [-0.2, -0.15) is 0 Å². The van der Waals surface area contributed by atoms with Gasteiger partial charge in [0.05, 0.1) is 17.1 Å². The number of carboxylic acids is 1. The van der Waals surface area contributed by atoms with Gasteiger partial charge in [-0.15, -0.1) is 0 Å². The van der Waals surface area contributed by atoms with Gasteiger partial charge in [-0.25, -0.2) is 0 Å². The summed E-state index contributed by atoms with van der Waals surface area (Å²) in [5, 5.41) is 32.4. The van der Waals surface area contributed by atoms with Crippen LogP contribution in [-0.2, 0) is 10.4 Å². The van der Waals surface area contributed by atoms with Gasteiger partial charge < -0.3 is 20.2 Å². The van der Waals surface area contributed by atoms with Crippen LogP contribution in [0.2, 0.25) is 0 Å². The molecular weight excluding hydrogens is 498 g/mol. The van der Waals surface area contributed by atoms with Gasteiger partial charge in [0.1, 0.15) is 0 Å². The van der Waals surface area contributed by atoms with Crippen molar-refractivity contribution in [2.75, 3.05) is 19.6 Å². The Hall–Kier alpha value is -2.73. The lowest BCUT2D eigenvalue weighted by Gasteiger charge is -2.36. The third-order valence-electron chi connectivity index (χ3n) is 8.68. The number of benzene rings is 1. The minimum absolute atomic E-state index is 0.190. The van der Waals surface area contributed by atoms with E-state index in [0.29, 0.717) is 25.7 Å². The summed E-state index contributed by atoms with van der Waals surface area (Å²) in [5.41, 5.74) is 1.04. The lowest BCUT2D eigenvalue weighted by molar-refractivity contribution is -0.144. The van der Waals surface area contributed by atoms with E-state index in [4.69, 9.17) is 0 Å². The molecule has 0 amide bonds. The topological polar surface area (TPSA) is 81.0 Å². The molecular formula is C35H49NO4. The minimum atomic E-state index is -0.889. The zero-order valence-corrected chi connectivity index (χ0v) is 24.6. The number of rotatable bonds is 12. The molecule has 218 valence electrons. The predicted molar refractivity (Wildman–Crippen MR) is 164 cm³/mol. The monoisotopic (exact) mass is 547 g/mol. The van der Waals surface area contributed by atoms with Gasteiger partial charge in [-0.1, -0.05) is 84.5 Å². The molecule has 2 aliphatic rings. The molecule has 0 radical (unpaired) electrons. The van der Waals surface area contributed by atoms with Crippen LogP contribution in [0.25, 0.3) is 0 Å². The zero-order valence-electron chi connectivity index (χ0n) is 24.6. The Kier molecular flexibility index (Phi) is 12.2. The maximum Gasteiger partial charge on any atom is 0.313 e. The van der Waals surface area contributed by atoms with Crippen molar-refractivity contribution in [3.05, 3.63) is 95.6 Å². The molecule has 1 aromatic carbocycles. The molecule has 1 saturated heterocycles. The molecule has 0 aromatic heterocycles. The van der Waals surface area contributed by atoms with Crippen molar-refractivity contribution in [1.82, 2.24) is 4.90 Å². The van der Waals surface area contributed by atoms with E-state index in [1.807, 2.05) is 67.7 Å². The van der Waals surface area contributed by atoms with Crippen LogP contribution in [0.5, 0.6) is 0 Å². The maximum atomic E-state index is 12.0. The van der Waals surface area contributed by atoms with E-state index in [1.165, 1.54) is 0 Å². The van der Waals surface area contributed by atoms with Gasteiger partial charge in [0.15, 0.2) is 0 Å². The van der Waals surface area contributed by atoms with Gasteiger partial charge in [0, 0.05) is 0 Å². The van der Waals surface area contributed by atoms with Crippen LogP contribution in [0.15, 0.2) is 90.1 Å². The number of carbonyl (C=O) groups is 1. The van der Waals surface area contributed by atoms with Crippen molar-refractivity contribution >= 4 is 5.97 Å². The highest BCUT2D eigenvalue weighted by Crippen LogP contribution is 2.40. The first-order valence-electron chi connectivity index (χ1n) is 14.9. The summed E-state index contributed by atoms with van der Waals surface area (Å²) in [6.45, 7) is 8.38. The quantitative estimate of drug-likeness (QED) is 0.195. The molecule has 3 rings (SSSR count). The van der Waals surface area contributed by atoms with E-state index >= 15 is 0 Å². The number of hydrogen-bond acceptors (Lipinski definition) is 4. The van der Waals surface area contributed by atoms with E-state index < -0.39 is 23.1 Å². The van der Waals surface area contributed by atoms with Crippen LogP contribution < -0.4 is 0 Å². The second-order valence-electron chi connectivity index (χ2n) is 11.8. The summed E-state index contributed by atoms with van der Waals surface area (Å²) in [5.74, 6) is -0.627. The van der Waals surface area contributed by atoms with Crippen LogP contribution in [0.4, 0.5) is 0 Å². The van der Waals surface area contributed by atoms with E-state index in [2.05, 4.69) is 23.1 Å². The van der Waals surface area contributed by atoms with Gasteiger partial charge >= 0.3 is 5.97 Å². The molecule has 0 saturated carbocycles. The lowest BCUT2D eigenvalue weighted by Crippen LogP contribution is -2.36. The summed E-state index contributed by atoms with van der Waals surface area (Å²) >= 11 is 0. The molecule has 0 bridgehead atoms. The molecule has 5 heteroatoms. The molecule has 5 nitrogen and oxygen atoms in total. The number of allylic oxidation sites excluding steroid dienone is 6. The Bertz CT molecular complexity index is 1100. The third kappa shape index (κ3) is 8.63. The minimum Gasteiger partial charge on any atom is -0.481 e. The van der Waals surface area contributed by atoms with Gasteiger partial charge in [0.25, 0.3) is 0 Å². The number of carboxylic acid groups (broad SMARTS) is 1. The fraction of sp³-hybridized carbons (Fsp3) is 0.514. The van der Waals surface area contributed by atoms with Crippen molar-refractivity contribution in [1.29, 1.82) is 0 Å². The first-order valence-corrected chi connectivity index (χ1v) is 14.9. The SMILES string of the molecule is C/C=C\C=C/CC(O)(c1ccccc1)C1CCCN(CCCC(O)C2=CC/C=C(/C(C)(C)C(=O)O)CC=C2)CC1. The average Bonchev–Trinajstić information content (AvgIpc) is 3.17. The molecule has 0 spiro atoms. The molecule has 1 heterocycles. The van der Waals surface area contributed by atoms with Gasteiger partial charge in [-0.3, -0.25) is 4.79 Å². The smallest absolute Gasteiger partial charge is 0.313 e. The molecule has 1 aliphatic heterocycles. The summed E-state index contributed by atoms with van der Waals surface area (Å²) in [4.78, 5) is 14.1. The summed E-state index contributed by atoms with van der Waals surface area (Å²) in [6, 6.07) is 10.1. The zero-order chi connectivity index (χ0) is 29.0. The van der Waals surface area contributed by atoms with Crippen molar-refractivity contribution < 1.29 is 20.1 Å². The van der Waals surface area contributed by atoms with E-state index in [-0.39, 0.29) is 5.92 Å². The fourth-order valence-corrected chi connectivity index (χ4v) is 5.92. The fourth-order valence-electron chi connectivity index (χ4n) is 5.92. The molecule has 1 fully saturated rings. The Morgan fingerprint density at radius 2 is 1.90 bits per heavy atom. The van der Waals surface area contributed by atoms with Gasteiger partial charge in [-0.05, 0) is 109 Å². The maximum absolute atomic E-state index is 12.0. The normalized spacial score (nSPS) is 23.1. The standard InChI is InChI=1S/C35H49NO4/c1-4-5-6-10-24-35(40,30-17-8-7-9-18-30)31-21-13-25-36(27-23-31)26-14-22-32(37)28-15-11-19-29(20-12-16-28)34(2,3)33(38)39/h4-11,15-18,20,31-32,37,40H,12-14,19,21-27H2,1-3H3,(H,38,39)/b5-4-,10-6-,15-11?,28-16?,29-20+. The Morgan fingerprint density at radius 1 is 1.12 bits per heavy atom. The van der Waals surface area contributed by atoms with Crippen molar-refractivity contribution in [2.24, 2.45) is 11.3 Å². The second-order valence-corrected chi connectivity index (χ2v) is 11.8. The van der Waals surface area contributed by atoms with Crippen molar-refractivity contribution in [3.8, 4) is 0 Å². The summed E-state index contributed by atoms with van der Waals surface area (Å²) in [6.07, 6.45) is 21.9. The molecule has 3 N–H and O–H groups in total. The Morgan fingerprint density at radius 3 is 2.62 bits per heavy atom. The molecule has 40 heavy (non-hydrogen) atoms. The van der Waals surface area contributed by atoms with Crippen molar-refractivity contribution in [3.63, 3.8) is 0 Å². The number of nitrogens with zero attached hydrogens (tertiary/aromatic N) is 1. The van der Waals surface area contributed by atoms with E-state index in [0.717, 1.165) is 62.0 Å². The number of aliphatic hydroxyl groups excluding tert-OH is 1. The van der Waals surface area contributed by atoms with Crippen LogP contribution in [0.1, 0.15) is 77.7 Å².